The molecule has 0 atom stereocenters. The quantitative estimate of drug-likeness (QED) is 0.330. The van der Waals surface area contributed by atoms with Gasteiger partial charge in [-0.3, -0.25) is 14.9 Å². The van der Waals surface area contributed by atoms with Crippen LogP contribution in [0.3, 0.4) is 0 Å². The van der Waals surface area contributed by atoms with Gasteiger partial charge in [-0.05, 0) is 17.7 Å². The molecule has 0 saturated carbocycles. The molecule has 1 amide bonds. The second-order valence-corrected chi connectivity index (χ2v) is 6.92. The van der Waals surface area contributed by atoms with Crippen LogP contribution < -0.4 is 19.7 Å². The molecule has 0 spiro atoms. The molecule has 32 heavy (non-hydrogen) atoms. The number of nitro benzene ring substituents is 1. The Labute approximate surface area is 185 Å². The molecule has 11 nitrogen and oxygen atoms in total. The molecule has 1 N–H and O–H groups in total. The van der Waals surface area contributed by atoms with E-state index in [1.54, 1.807) is 12.3 Å². The summed E-state index contributed by atoms with van der Waals surface area (Å²) in [4.78, 5) is 30.2. The van der Waals surface area contributed by atoms with E-state index in [0.29, 0.717) is 19.8 Å². The Morgan fingerprint density at radius 2 is 2.00 bits per heavy atom. The molecule has 1 fully saturated rings. The highest BCUT2D eigenvalue weighted by Gasteiger charge is 2.25. The number of nitrogens with zero attached hydrogens (tertiary/aromatic N) is 3. The smallest absolute Gasteiger partial charge is 0.286 e. The Morgan fingerprint density at radius 3 is 2.69 bits per heavy atom. The number of rotatable bonds is 10. The van der Waals surface area contributed by atoms with Gasteiger partial charge in [0.15, 0.2) is 11.5 Å². The molecule has 1 saturated heterocycles. The molecule has 0 unspecified atom stereocenters. The topological polar surface area (TPSA) is 125 Å². The van der Waals surface area contributed by atoms with Crippen molar-refractivity contribution in [1.29, 1.82) is 0 Å². The van der Waals surface area contributed by atoms with Gasteiger partial charge in [-0.25, -0.2) is 4.98 Å². The second kappa shape index (κ2) is 11.3. The van der Waals surface area contributed by atoms with Crippen molar-refractivity contribution >= 4 is 17.4 Å². The predicted molar refractivity (Wildman–Crippen MR) is 115 cm³/mol. The molecule has 2 heterocycles. The minimum Gasteiger partial charge on any atom is -0.493 e. The van der Waals surface area contributed by atoms with Crippen LogP contribution in [0.1, 0.15) is 15.9 Å². The van der Waals surface area contributed by atoms with Gasteiger partial charge in [-0.15, -0.1) is 0 Å². The van der Waals surface area contributed by atoms with Crippen LogP contribution in [-0.4, -0.2) is 69.6 Å². The van der Waals surface area contributed by atoms with Crippen molar-refractivity contribution in [3.05, 3.63) is 51.7 Å². The first-order valence-corrected chi connectivity index (χ1v) is 10.1. The lowest BCUT2D eigenvalue weighted by atomic mass is 10.1. The maximum atomic E-state index is 12.8. The van der Waals surface area contributed by atoms with Crippen molar-refractivity contribution < 1.29 is 28.7 Å². The van der Waals surface area contributed by atoms with Crippen LogP contribution in [0.5, 0.6) is 11.5 Å². The summed E-state index contributed by atoms with van der Waals surface area (Å²) in [7, 11) is 2.92. The standard InChI is InChI=1S/C21H26N4O7/c1-29-9-10-32-19-13-17(25(27)28)16(12-18(19)30-2)21(26)23-14-15-3-4-22-20(11-15)24-5-7-31-8-6-24/h3-4,11-13H,5-10,14H2,1-2H3,(H,23,26). The third-order valence-electron chi connectivity index (χ3n) is 4.87. The van der Waals surface area contributed by atoms with Crippen LogP contribution in [0.2, 0.25) is 0 Å². The van der Waals surface area contributed by atoms with Gasteiger partial charge in [-0.1, -0.05) is 0 Å². The summed E-state index contributed by atoms with van der Waals surface area (Å²) >= 11 is 0. The largest absolute Gasteiger partial charge is 0.493 e. The fraction of sp³-hybridized carbons (Fsp3) is 0.429. The van der Waals surface area contributed by atoms with Crippen LogP contribution in [-0.2, 0) is 16.0 Å². The van der Waals surface area contributed by atoms with E-state index in [2.05, 4.69) is 15.2 Å². The number of hydrogen-bond acceptors (Lipinski definition) is 9. The van der Waals surface area contributed by atoms with Gasteiger partial charge in [0.1, 0.15) is 18.0 Å². The Morgan fingerprint density at radius 1 is 1.22 bits per heavy atom. The van der Waals surface area contributed by atoms with Crippen molar-refractivity contribution in [1.82, 2.24) is 10.3 Å². The van der Waals surface area contributed by atoms with E-state index in [-0.39, 0.29) is 35.9 Å². The number of methoxy groups -OCH3 is 2. The fourth-order valence-electron chi connectivity index (χ4n) is 3.20. The first kappa shape index (κ1) is 23.2. The van der Waals surface area contributed by atoms with E-state index in [9.17, 15) is 14.9 Å². The number of pyridine rings is 1. The van der Waals surface area contributed by atoms with Crippen molar-refractivity contribution in [3.63, 3.8) is 0 Å². The molecule has 1 aromatic heterocycles. The van der Waals surface area contributed by atoms with Crippen molar-refractivity contribution in [2.45, 2.75) is 6.54 Å². The Bertz CT molecular complexity index is 948. The third-order valence-corrected chi connectivity index (χ3v) is 4.87. The lowest BCUT2D eigenvalue weighted by molar-refractivity contribution is -0.385. The van der Waals surface area contributed by atoms with Crippen LogP contribution >= 0.6 is 0 Å². The number of hydrogen-bond donors (Lipinski definition) is 1. The molecule has 172 valence electrons. The number of ether oxygens (including phenoxy) is 4. The van der Waals surface area contributed by atoms with Gasteiger partial charge in [0.25, 0.3) is 11.6 Å². The highest BCUT2D eigenvalue weighted by molar-refractivity contribution is 5.99. The number of carbonyl (C=O) groups is 1. The summed E-state index contributed by atoms with van der Waals surface area (Å²) in [6.07, 6.45) is 1.67. The van der Waals surface area contributed by atoms with E-state index in [1.807, 2.05) is 6.07 Å². The summed E-state index contributed by atoms with van der Waals surface area (Å²) in [6, 6.07) is 6.16. The SMILES string of the molecule is COCCOc1cc([N+](=O)[O-])c(C(=O)NCc2ccnc(N3CCOCC3)c2)cc1OC. The third kappa shape index (κ3) is 5.83. The number of carbonyl (C=O) groups excluding carboxylic acids is 1. The van der Waals surface area contributed by atoms with E-state index in [4.69, 9.17) is 18.9 Å². The average Bonchev–Trinajstić information content (AvgIpc) is 2.83. The van der Waals surface area contributed by atoms with Crippen molar-refractivity contribution in [2.75, 3.05) is 58.6 Å². The second-order valence-electron chi connectivity index (χ2n) is 6.92. The lowest BCUT2D eigenvalue weighted by Gasteiger charge is -2.28. The molecule has 1 aliphatic rings. The predicted octanol–water partition coefficient (Wildman–Crippen LogP) is 1.79. The lowest BCUT2D eigenvalue weighted by Crippen LogP contribution is -2.36. The van der Waals surface area contributed by atoms with Crippen LogP contribution in [0.4, 0.5) is 11.5 Å². The van der Waals surface area contributed by atoms with E-state index in [1.165, 1.54) is 26.4 Å². The highest BCUT2D eigenvalue weighted by atomic mass is 16.6. The minimum atomic E-state index is -0.625. The Hall–Kier alpha value is -3.44. The zero-order valence-corrected chi connectivity index (χ0v) is 18.0. The highest BCUT2D eigenvalue weighted by Crippen LogP contribution is 2.34. The van der Waals surface area contributed by atoms with Gasteiger partial charge in [-0.2, -0.15) is 0 Å². The normalized spacial score (nSPS) is 13.5. The van der Waals surface area contributed by atoms with E-state index >= 15 is 0 Å². The van der Waals surface area contributed by atoms with Crippen LogP contribution in [0.25, 0.3) is 0 Å². The van der Waals surface area contributed by atoms with Gasteiger partial charge < -0.3 is 29.2 Å². The first-order chi connectivity index (χ1) is 15.5. The maximum absolute atomic E-state index is 12.8. The summed E-state index contributed by atoms with van der Waals surface area (Å²) in [6.45, 7) is 3.44. The number of nitrogens with one attached hydrogen (secondary N) is 1. The molecule has 0 radical (unpaired) electrons. The summed E-state index contributed by atoms with van der Waals surface area (Å²) in [5.41, 5.74) is 0.330. The maximum Gasteiger partial charge on any atom is 0.286 e. The van der Waals surface area contributed by atoms with E-state index < -0.39 is 10.8 Å². The summed E-state index contributed by atoms with van der Waals surface area (Å²) in [5, 5.41) is 14.3. The number of aromatic nitrogens is 1. The molecule has 11 heteroatoms. The summed E-state index contributed by atoms with van der Waals surface area (Å²) in [5.74, 6) is 0.584. The van der Waals surface area contributed by atoms with Gasteiger partial charge in [0.05, 0.1) is 37.9 Å². The van der Waals surface area contributed by atoms with Gasteiger partial charge in [0, 0.05) is 39.0 Å². The molecule has 1 aliphatic heterocycles. The van der Waals surface area contributed by atoms with Gasteiger partial charge >= 0.3 is 0 Å². The number of anilines is 1. The zero-order valence-electron chi connectivity index (χ0n) is 18.0. The zero-order chi connectivity index (χ0) is 22.9. The van der Waals surface area contributed by atoms with Gasteiger partial charge in [0.2, 0.25) is 0 Å². The summed E-state index contributed by atoms with van der Waals surface area (Å²) < 4.78 is 21.0. The van der Waals surface area contributed by atoms with Crippen molar-refractivity contribution in [3.8, 4) is 11.5 Å². The van der Waals surface area contributed by atoms with Crippen LogP contribution in [0.15, 0.2) is 30.5 Å². The molecule has 0 aliphatic carbocycles. The monoisotopic (exact) mass is 446 g/mol. The Balaban J connectivity index is 1.74. The van der Waals surface area contributed by atoms with E-state index in [0.717, 1.165) is 24.5 Å². The molecule has 2 aromatic rings. The molecular formula is C21H26N4O7. The van der Waals surface area contributed by atoms with Crippen molar-refractivity contribution in [2.24, 2.45) is 0 Å². The average molecular weight is 446 g/mol. The van der Waals surface area contributed by atoms with Crippen LogP contribution in [0, 0.1) is 10.1 Å². The minimum absolute atomic E-state index is 0.117. The number of nitro groups is 1. The number of morpholine rings is 1. The Kier molecular flexibility index (Phi) is 8.17. The molecule has 0 bridgehead atoms. The fourth-order valence-corrected chi connectivity index (χ4v) is 3.20. The molecular weight excluding hydrogens is 420 g/mol. The molecule has 3 rings (SSSR count). The number of amides is 1. The molecule has 1 aromatic carbocycles. The first-order valence-electron chi connectivity index (χ1n) is 10.1. The number of benzene rings is 1.